The van der Waals surface area contributed by atoms with Crippen LogP contribution in [0.3, 0.4) is 0 Å². The minimum Gasteiger partial charge on any atom is -0.468 e. The van der Waals surface area contributed by atoms with Crippen LogP contribution in [0.4, 0.5) is 0 Å². The van der Waals surface area contributed by atoms with E-state index in [9.17, 15) is 4.79 Å². The largest absolute Gasteiger partial charge is 0.468 e. The molecule has 2 aromatic carbocycles. The molecule has 0 unspecified atom stereocenters. The molecular weight excluding hydrogens is 356 g/mol. The normalized spacial score (nSPS) is 11.3. The van der Waals surface area contributed by atoms with Crippen molar-refractivity contribution in [2.75, 3.05) is 7.11 Å². The Labute approximate surface area is 153 Å². The van der Waals surface area contributed by atoms with Crippen LogP contribution in [-0.4, -0.2) is 22.0 Å². The molecule has 4 rings (SSSR count). The van der Waals surface area contributed by atoms with Crippen LogP contribution in [0, 0.1) is 6.92 Å². The van der Waals surface area contributed by atoms with Crippen molar-refractivity contribution in [1.82, 2.24) is 8.94 Å². The predicted molar refractivity (Wildman–Crippen MR) is 102 cm³/mol. The lowest BCUT2D eigenvalue weighted by molar-refractivity contribution is -0.141. The number of ether oxygens (including phenoxy) is 1. The zero-order valence-electron chi connectivity index (χ0n) is 13.7. The lowest BCUT2D eigenvalue weighted by atomic mass is 10.0. The van der Waals surface area contributed by atoms with Gasteiger partial charge in [0, 0.05) is 32.6 Å². The fourth-order valence-electron chi connectivity index (χ4n) is 3.22. The van der Waals surface area contributed by atoms with Gasteiger partial charge < -0.3 is 9.30 Å². The van der Waals surface area contributed by atoms with E-state index in [2.05, 4.69) is 16.5 Å². The second kappa shape index (κ2) is 6.17. The summed E-state index contributed by atoms with van der Waals surface area (Å²) < 4.78 is 12.6. The first-order valence-electron chi connectivity index (χ1n) is 7.80. The zero-order chi connectivity index (χ0) is 17.6. The number of fused-ring (bicyclic) bond motifs is 2. The van der Waals surface area contributed by atoms with Crippen LogP contribution >= 0.6 is 23.1 Å². The Morgan fingerprint density at radius 2 is 2.04 bits per heavy atom. The van der Waals surface area contributed by atoms with Crippen molar-refractivity contribution in [3.8, 4) is 11.3 Å². The quantitative estimate of drug-likeness (QED) is 0.474. The Balaban J connectivity index is 2.05. The van der Waals surface area contributed by atoms with E-state index in [0.29, 0.717) is 5.02 Å². The van der Waals surface area contributed by atoms with Crippen LogP contribution in [0.15, 0.2) is 42.5 Å². The molecule has 126 valence electrons. The van der Waals surface area contributed by atoms with Gasteiger partial charge in [0.15, 0.2) is 0 Å². The highest BCUT2D eigenvalue weighted by Gasteiger charge is 2.21. The van der Waals surface area contributed by atoms with Crippen LogP contribution in [0.2, 0.25) is 5.02 Å². The molecule has 25 heavy (non-hydrogen) atoms. The van der Waals surface area contributed by atoms with E-state index in [1.165, 1.54) is 18.6 Å². The highest BCUT2D eigenvalue weighted by atomic mass is 35.5. The molecule has 2 aromatic heterocycles. The van der Waals surface area contributed by atoms with E-state index in [-0.39, 0.29) is 12.5 Å². The van der Waals surface area contributed by atoms with Gasteiger partial charge in [-0.1, -0.05) is 29.8 Å². The minimum atomic E-state index is -0.287. The first-order valence-corrected chi connectivity index (χ1v) is 8.95. The van der Waals surface area contributed by atoms with E-state index >= 15 is 0 Å². The summed E-state index contributed by atoms with van der Waals surface area (Å²) in [4.78, 5) is 11.9. The number of esters is 1. The Morgan fingerprint density at radius 1 is 1.24 bits per heavy atom. The zero-order valence-corrected chi connectivity index (χ0v) is 15.3. The van der Waals surface area contributed by atoms with Gasteiger partial charge >= 0.3 is 5.97 Å². The number of halogens is 1. The monoisotopic (exact) mass is 370 g/mol. The van der Waals surface area contributed by atoms with E-state index in [1.807, 2.05) is 41.8 Å². The standard InChI is InChI=1S/C19H15ClN2O2S/c1-11-18(19-13-5-3-4-6-16(13)25-21-19)14-9-12(20)7-8-15(14)22(11)10-17(23)24-2/h3-9H,10H2,1-2H3. The molecule has 4 nitrogen and oxygen atoms in total. The molecule has 0 saturated carbocycles. The van der Waals surface area contributed by atoms with Gasteiger partial charge in [-0.15, -0.1) is 0 Å². The SMILES string of the molecule is COC(=O)Cn1c(C)c(-c2nsc3ccccc23)c2cc(Cl)ccc21. The molecule has 4 aromatic rings. The van der Waals surface area contributed by atoms with Crippen LogP contribution in [-0.2, 0) is 16.1 Å². The molecule has 0 aliphatic heterocycles. The number of methoxy groups -OCH3 is 1. The van der Waals surface area contributed by atoms with Crippen molar-refractivity contribution in [2.45, 2.75) is 13.5 Å². The lowest BCUT2D eigenvalue weighted by Gasteiger charge is -2.07. The van der Waals surface area contributed by atoms with Gasteiger partial charge in [-0.2, -0.15) is 4.37 Å². The van der Waals surface area contributed by atoms with E-state index in [0.717, 1.165) is 37.9 Å². The number of carbonyl (C=O) groups excluding carboxylic acids is 1. The second-order valence-corrected chi connectivity index (χ2v) is 7.05. The maximum absolute atomic E-state index is 11.9. The molecule has 0 radical (unpaired) electrons. The number of nitrogens with zero attached hydrogens (tertiary/aromatic N) is 2. The third-order valence-corrected chi connectivity index (χ3v) is 5.48. The van der Waals surface area contributed by atoms with Crippen molar-refractivity contribution < 1.29 is 9.53 Å². The van der Waals surface area contributed by atoms with Crippen molar-refractivity contribution in [3.05, 3.63) is 53.2 Å². The van der Waals surface area contributed by atoms with Crippen molar-refractivity contribution in [3.63, 3.8) is 0 Å². The smallest absolute Gasteiger partial charge is 0.325 e. The van der Waals surface area contributed by atoms with Crippen molar-refractivity contribution in [1.29, 1.82) is 0 Å². The number of hydrogen-bond donors (Lipinski definition) is 0. The summed E-state index contributed by atoms with van der Waals surface area (Å²) in [6.45, 7) is 2.16. The molecule has 0 aliphatic rings. The van der Waals surface area contributed by atoms with Gasteiger partial charge in [0.25, 0.3) is 0 Å². The summed E-state index contributed by atoms with van der Waals surface area (Å²) in [6, 6.07) is 13.9. The molecule has 0 amide bonds. The highest BCUT2D eigenvalue weighted by molar-refractivity contribution is 7.13. The number of rotatable bonds is 3. The maximum atomic E-state index is 11.9. The van der Waals surface area contributed by atoms with Gasteiger partial charge in [-0.05, 0) is 42.7 Å². The molecule has 0 N–H and O–H groups in total. The van der Waals surface area contributed by atoms with Crippen LogP contribution in [0.25, 0.3) is 32.2 Å². The van der Waals surface area contributed by atoms with Gasteiger partial charge in [0.05, 0.1) is 17.5 Å². The predicted octanol–water partition coefficient (Wildman–Crippen LogP) is 5.05. The summed E-state index contributed by atoms with van der Waals surface area (Å²) >= 11 is 7.72. The Bertz CT molecular complexity index is 1110. The molecule has 0 spiro atoms. The number of aromatic nitrogens is 2. The topological polar surface area (TPSA) is 44.1 Å². The second-order valence-electron chi connectivity index (χ2n) is 5.81. The van der Waals surface area contributed by atoms with Crippen LogP contribution in [0.5, 0.6) is 0 Å². The Hall–Kier alpha value is -2.37. The van der Waals surface area contributed by atoms with Crippen molar-refractivity contribution in [2.24, 2.45) is 0 Å². The summed E-state index contributed by atoms with van der Waals surface area (Å²) in [5.41, 5.74) is 3.85. The van der Waals surface area contributed by atoms with Gasteiger partial charge in [-0.3, -0.25) is 4.79 Å². The molecule has 0 bridgehead atoms. The third kappa shape index (κ3) is 2.60. The number of carbonyl (C=O) groups is 1. The lowest BCUT2D eigenvalue weighted by Crippen LogP contribution is -2.12. The maximum Gasteiger partial charge on any atom is 0.325 e. The van der Waals surface area contributed by atoms with E-state index in [1.54, 1.807) is 0 Å². The average Bonchev–Trinajstić information content (AvgIpc) is 3.14. The first-order chi connectivity index (χ1) is 12.1. The van der Waals surface area contributed by atoms with Gasteiger partial charge in [0.2, 0.25) is 0 Å². The van der Waals surface area contributed by atoms with Crippen LogP contribution < -0.4 is 0 Å². The van der Waals surface area contributed by atoms with Gasteiger partial charge in [0.1, 0.15) is 6.54 Å². The molecular formula is C19H15ClN2O2S. The van der Waals surface area contributed by atoms with Gasteiger partial charge in [-0.25, -0.2) is 0 Å². The third-order valence-electron chi connectivity index (χ3n) is 4.41. The highest BCUT2D eigenvalue weighted by Crippen LogP contribution is 2.39. The molecule has 0 fully saturated rings. The summed E-state index contributed by atoms with van der Waals surface area (Å²) in [5, 5.41) is 2.75. The molecule has 0 saturated heterocycles. The molecule has 0 aliphatic carbocycles. The van der Waals surface area contributed by atoms with Crippen molar-refractivity contribution >= 4 is 50.1 Å². The average molecular weight is 371 g/mol. The van der Waals surface area contributed by atoms with E-state index < -0.39 is 0 Å². The molecule has 6 heteroatoms. The summed E-state index contributed by atoms with van der Waals surface area (Å²) in [7, 11) is 1.40. The number of hydrogen-bond acceptors (Lipinski definition) is 4. The fourth-order valence-corrected chi connectivity index (χ4v) is 4.17. The number of benzene rings is 2. The minimum absolute atomic E-state index is 0.155. The Morgan fingerprint density at radius 3 is 2.84 bits per heavy atom. The summed E-state index contributed by atoms with van der Waals surface area (Å²) in [5.74, 6) is -0.287. The Kier molecular flexibility index (Phi) is 3.98. The summed E-state index contributed by atoms with van der Waals surface area (Å²) in [6.07, 6.45) is 0. The molecule has 0 atom stereocenters. The van der Waals surface area contributed by atoms with E-state index in [4.69, 9.17) is 16.3 Å². The van der Waals surface area contributed by atoms with Crippen LogP contribution in [0.1, 0.15) is 5.69 Å². The fraction of sp³-hybridized carbons (Fsp3) is 0.158. The molecule has 2 heterocycles. The first kappa shape index (κ1) is 16.1.